The van der Waals surface area contributed by atoms with Gasteiger partial charge in [0.25, 0.3) is 11.8 Å². The van der Waals surface area contributed by atoms with Crippen LogP contribution in [0.3, 0.4) is 0 Å². The zero-order chi connectivity index (χ0) is 18.8. The van der Waals surface area contributed by atoms with Crippen molar-refractivity contribution >= 4 is 23.4 Å². The third kappa shape index (κ3) is 3.57. The molecule has 0 aromatic heterocycles. The molecule has 0 aliphatic carbocycles. The Morgan fingerprint density at radius 3 is 2.33 bits per heavy atom. The van der Waals surface area contributed by atoms with E-state index in [9.17, 15) is 9.59 Å². The molecule has 27 heavy (non-hydrogen) atoms. The molecule has 2 aliphatic rings. The second-order valence-corrected chi connectivity index (χ2v) is 6.89. The van der Waals surface area contributed by atoms with Crippen LogP contribution in [0.15, 0.2) is 42.5 Å². The molecule has 2 aromatic rings. The zero-order valence-electron chi connectivity index (χ0n) is 14.7. The first-order valence-electron chi connectivity index (χ1n) is 8.86. The largest absolute Gasteiger partial charge is 0.454 e. The number of halogens is 1. The van der Waals surface area contributed by atoms with Gasteiger partial charge in [0.1, 0.15) is 0 Å². The minimum absolute atomic E-state index is 0.0691. The lowest BCUT2D eigenvalue weighted by molar-refractivity contribution is 0.0718. The van der Waals surface area contributed by atoms with Crippen LogP contribution in [0.1, 0.15) is 27.1 Å². The number of ether oxygens (including phenoxy) is 2. The van der Waals surface area contributed by atoms with E-state index in [4.69, 9.17) is 21.1 Å². The topological polar surface area (TPSA) is 59.1 Å². The smallest absolute Gasteiger partial charge is 0.255 e. The molecule has 0 bridgehead atoms. The van der Waals surface area contributed by atoms with Crippen molar-refractivity contribution < 1.29 is 19.1 Å². The lowest BCUT2D eigenvalue weighted by Gasteiger charge is -2.22. The average Bonchev–Trinajstić information content (AvgIpc) is 3.02. The number of hydrogen-bond donors (Lipinski definition) is 0. The van der Waals surface area contributed by atoms with Crippen LogP contribution in [0, 0.1) is 0 Å². The molecule has 2 aliphatic heterocycles. The summed E-state index contributed by atoms with van der Waals surface area (Å²) in [6.07, 6.45) is 0.715. The van der Waals surface area contributed by atoms with Crippen LogP contribution < -0.4 is 9.47 Å². The molecule has 0 spiro atoms. The van der Waals surface area contributed by atoms with Crippen molar-refractivity contribution in [2.24, 2.45) is 0 Å². The van der Waals surface area contributed by atoms with Crippen molar-refractivity contribution in [3.05, 3.63) is 58.6 Å². The Bertz CT molecular complexity index is 886. The molecule has 0 radical (unpaired) electrons. The summed E-state index contributed by atoms with van der Waals surface area (Å²) in [4.78, 5) is 29.1. The Hall–Kier alpha value is -2.73. The van der Waals surface area contributed by atoms with Crippen molar-refractivity contribution in [1.82, 2.24) is 9.80 Å². The summed E-state index contributed by atoms with van der Waals surface area (Å²) in [5, 5.41) is 0.444. The molecular weight excluding hydrogens is 368 g/mol. The number of rotatable bonds is 2. The van der Waals surface area contributed by atoms with Gasteiger partial charge in [0.15, 0.2) is 11.5 Å². The minimum atomic E-state index is -0.0991. The summed E-state index contributed by atoms with van der Waals surface area (Å²) in [5.41, 5.74) is 1.06. The Morgan fingerprint density at radius 2 is 1.56 bits per heavy atom. The third-order valence-electron chi connectivity index (χ3n) is 4.79. The zero-order valence-corrected chi connectivity index (χ0v) is 15.4. The molecule has 7 heteroatoms. The van der Waals surface area contributed by atoms with Gasteiger partial charge >= 0.3 is 0 Å². The van der Waals surface area contributed by atoms with Crippen molar-refractivity contribution in [2.75, 3.05) is 33.0 Å². The lowest BCUT2D eigenvalue weighted by atomic mass is 10.1. The minimum Gasteiger partial charge on any atom is -0.454 e. The van der Waals surface area contributed by atoms with E-state index in [1.807, 2.05) is 0 Å². The molecule has 6 nitrogen and oxygen atoms in total. The van der Waals surface area contributed by atoms with Gasteiger partial charge in [-0.15, -0.1) is 0 Å². The van der Waals surface area contributed by atoms with Crippen molar-refractivity contribution in [3.63, 3.8) is 0 Å². The van der Waals surface area contributed by atoms with Gasteiger partial charge in [-0.05, 0) is 36.8 Å². The molecule has 0 N–H and O–H groups in total. The first-order valence-corrected chi connectivity index (χ1v) is 9.24. The van der Waals surface area contributed by atoms with Crippen LogP contribution in [-0.4, -0.2) is 54.6 Å². The molecule has 0 unspecified atom stereocenters. The monoisotopic (exact) mass is 386 g/mol. The number of carbonyl (C=O) groups excluding carboxylic acids is 2. The summed E-state index contributed by atoms with van der Waals surface area (Å²) in [6.45, 7) is 2.31. The van der Waals surface area contributed by atoms with E-state index in [-0.39, 0.29) is 18.6 Å². The van der Waals surface area contributed by atoms with Crippen LogP contribution in [0.2, 0.25) is 5.02 Å². The maximum Gasteiger partial charge on any atom is 0.255 e. The van der Waals surface area contributed by atoms with Crippen molar-refractivity contribution in [3.8, 4) is 11.5 Å². The van der Waals surface area contributed by atoms with Gasteiger partial charge in [-0.2, -0.15) is 0 Å². The van der Waals surface area contributed by atoms with Gasteiger partial charge in [-0.1, -0.05) is 23.7 Å². The first-order chi connectivity index (χ1) is 13.1. The van der Waals surface area contributed by atoms with Crippen molar-refractivity contribution in [1.29, 1.82) is 0 Å². The van der Waals surface area contributed by atoms with Crippen LogP contribution in [0.5, 0.6) is 11.5 Å². The predicted molar refractivity (Wildman–Crippen MR) is 100 cm³/mol. The van der Waals surface area contributed by atoms with E-state index >= 15 is 0 Å². The van der Waals surface area contributed by atoms with Gasteiger partial charge in [0.05, 0.1) is 10.6 Å². The molecule has 2 amide bonds. The molecule has 140 valence electrons. The Balaban J connectivity index is 1.45. The molecule has 1 fully saturated rings. The average molecular weight is 387 g/mol. The van der Waals surface area contributed by atoms with Gasteiger partial charge in [0.2, 0.25) is 6.79 Å². The SMILES string of the molecule is O=C(c1ccc2c(c1)OCO2)N1CCCN(C(=O)c2ccccc2Cl)CC1. The van der Waals surface area contributed by atoms with Gasteiger partial charge in [-0.3, -0.25) is 9.59 Å². The molecular formula is C20H19ClN2O4. The van der Waals surface area contributed by atoms with Crippen LogP contribution in [-0.2, 0) is 0 Å². The summed E-state index contributed by atoms with van der Waals surface area (Å²) < 4.78 is 10.6. The second kappa shape index (κ2) is 7.48. The van der Waals surface area contributed by atoms with Crippen LogP contribution in [0.25, 0.3) is 0 Å². The Labute approximate surface area is 162 Å². The highest BCUT2D eigenvalue weighted by molar-refractivity contribution is 6.33. The Morgan fingerprint density at radius 1 is 0.852 bits per heavy atom. The standard InChI is InChI=1S/C20H19ClN2O4/c21-16-5-2-1-4-15(16)20(25)23-9-3-8-22(10-11-23)19(24)14-6-7-17-18(12-14)27-13-26-17/h1-2,4-7,12H,3,8-11,13H2. The van der Waals surface area contributed by atoms with E-state index in [0.29, 0.717) is 60.2 Å². The van der Waals surface area contributed by atoms with E-state index < -0.39 is 0 Å². The second-order valence-electron chi connectivity index (χ2n) is 6.49. The maximum atomic E-state index is 12.9. The molecule has 0 saturated carbocycles. The number of benzene rings is 2. The van der Waals surface area contributed by atoms with Gasteiger partial charge in [-0.25, -0.2) is 0 Å². The highest BCUT2D eigenvalue weighted by Crippen LogP contribution is 2.33. The quantitative estimate of drug-likeness (QED) is 0.796. The number of amides is 2. The predicted octanol–water partition coefficient (Wildman–Crippen LogP) is 3.06. The van der Waals surface area contributed by atoms with Crippen LogP contribution in [0.4, 0.5) is 0 Å². The summed E-state index contributed by atoms with van der Waals surface area (Å²) in [5.74, 6) is 1.07. The third-order valence-corrected chi connectivity index (χ3v) is 5.12. The lowest BCUT2D eigenvalue weighted by Crippen LogP contribution is -2.37. The van der Waals surface area contributed by atoms with E-state index in [1.54, 1.807) is 52.3 Å². The van der Waals surface area contributed by atoms with Gasteiger partial charge in [0, 0.05) is 31.7 Å². The highest BCUT2D eigenvalue weighted by atomic mass is 35.5. The fraction of sp³-hybridized carbons (Fsp3) is 0.300. The molecule has 0 atom stereocenters. The first kappa shape index (κ1) is 17.7. The summed E-state index contributed by atoms with van der Waals surface area (Å²) in [6, 6.07) is 12.2. The van der Waals surface area contributed by atoms with E-state index in [0.717, 1.165) is 0 Å². The number of fused-ring (bicyclic) bond motifs is 1. The Kier molecular flexibility index (Phi) is 4.90. The normalized spacial score (nSPS) is 16.2. The van der Waals surface area contributed by atoms with E-state index in [2.05, 4.69) is 0 Å². The molecule has 4 rings (SSSR count). The molecule has 2 aromatic carbocycles. The van der Waals surface area contributed by atoms with Crippen LogP contribution >= 0.6 is 11.6 Å². The van der Waals surface area contributed by atoms with E-state index in [1.165, 1.54) is 0 Å². The number of hydrogen-bond acceptors (Lipinski definition) is 4. The summed E-state index contributed by atoms with van der Waals surface area (Å²) >= 11 is 6.15. The molecule has 1 saturated heterocycles. The number of nitrogens with zero attached hydrogens (tertiary/aromatic N) is 2. The fourth-order valence-corrected chi connectivity index (χ4v) is 3.56. The summed E-state index contributed by atoms with van der Waals surface area (Å²) in [7, 11) is 0. The number of carbonyl (C=O) groups is 2. The molecule has 2 heterocycles. The van der Waals surface area contributed by atoms with Gasteiger partial charge < -0.3 is 19.3 Å². The highest BCUT2D eigenvalue weighted by Gasteiger charge is 2.25. The fourth-order valence-electron chi connectivity index (χ4n) is 3.34. The van der Waals surface area contributed by atoms with Crippen molar-refractivity contribution in [2.45, 2.75) is 6.42 Å². The maximum absolute atomic E-state index is 12.9.